The van der Waals surface area contributed by atoms with Crippen LogP contribution in [0.25, 0.3) is 11.3 Å². The number of hydrogen-bond donors (Lipinski definition) is 4. The summed E-state index contributed by atoms with van der Waals surface area (Å²) in [6.45, 7) is 0.407. The molecule has 0 radical (unpaired) electrons. The smallest absolute Gasteiger partial charge is 0.223 e. The molecular formula is C14H14ClN7. The van der Waals surface area contributed by atoms with E-state index in [1.165, 1.54) is 0 Å². The minimum Gasteiger partial charge on any atom is -0.393 e. The monoisotopic (exact) mass is 315 g/mol. The number of nitrogens with zero attached hydrogens (tertiary/aromatic N) is 3. The summed E-state index contributed by atoms with van der Waals surface area (Å²) in [6, 6.07) is 9.93. The number of aromatic amines is 1. The van der Waals surface area contributed by atoms with E-state index >= 15 is 0 Å². The van der Waals surface area contributed by atoms with Crippen molar-refractivity contribution in [1.82, 2.24) is 19.9 Å². The van der Waals surface area contributed by atoms with Gasteiger partial charge < -0.3 is 21.8 Å². The minimum atomic E-state index is 0.0612. The van der Waals surface area contributed by atoms with Crippen LogP contribution in [0.5, 0.6) is 0 Å². The van der Waals surface area contributed by atoms with Crippen molar-refractivity contribution < 1.29 is 0 Å². The SMILES string of the molecule is Nc1nc(Cl)c(N)c(NCc2ncc(-c3ccccc3)[nH]2)n1. The second-order valence-electron chi connectivity index (χ2n) is 4.60. The van der Waals surface area contributed by atoms with Gasteiger partial charge >= 0.3 is 0 Å². The number of benzene rings is 1. The standard InChI is InChI=1S/C14H14ClN7/c15-12-11(16)13(22-14(17)21-12)19-7-10-18-6-9(20-10)8-4-2-1-3-5-8/h1-6H,7,16H2,(H,18,20)(H3,17,19,21,22). The molecule has 0 amide bonds. The lowest BCUT2D eigenvalue weighted by molar-refractivity contribution is 0.986. The van der Waals surface area contributed by atoms with Crippen molar-refractivity contribution >= 4 is 29.1 Å². The van der Waals surface area contributed by atoms with E-state index in [4.69, 9.17) is 23.1 Å². The fourth-order valence-electron chi connectivity index (χ4n) is 1.98. The highest BCUT2D eigenvalue weighted by Crippen LogP contribution is 2.24. The third-order valence-corrected chi connectivity index (χ3v) is 3.34. The molecule has 2 heterocycles. The van der Waals surface area contributed by atoms with E-state index < -0.39 is 0 Å². The van der Waals surface area contributed by atoms with Crippen LogP contribution in [0.4, 0.5) is 17.5 Å². The Morgan fingerprint density at radius 3 is 2.68 bits per heavy atom. The average molecular weight is 316 g/mol. The first-order valence-corrected chi connectivity index (χ1v) is 6.93. The molecule has 1 aromatic carbocycles. The highest BCUT2D eigenvalue weighted by Gasteiger charge is 2.09. The Morgan fingerprint density at radius 1 is 1.14 bits per heavy atom. The van der Waals surface area contributed by atoms with E-state index in [1.807, 2.05) is 30.3 Å². The van der Waals surface area contributed by atoms with Gasteiger partial charge in [-0.2, -0.15) is 9.97 Å². The molecule has 0 spiro atoms. The van der Waals surface area contributed by atoms with E-state index in [1.54, 1.807) is 6.20 Å². The molecule has 0 aliphatic heterocycles. The lowest BCUT2D eigenvalue weighted by Gasteiger charge is -2.08. The molecular weight excluding hydrogens is 302 g/mol. The van der Waals surface area contributed by atoms with Crippen LogP contribution in [0.15, 0.2) is 36.5 Å². The Balaban J connectivity index is 1.74. The van der Waals surface area contributed by atoms with E-state index in [2.05, 4.69) is 25.3 Å². The van der Waals surface area contributed by atoms with E-state index in [0.29, 0.717) is 12.4 Å². The zero-order valence-electron chi connectivity index (χ0n) is 11.5. The molecule has 0 saturated carbocycles. The van der Waals surface area contributed by atoms with Crippen molar-refractivity contribution in [2.75, 3.05) is 16.8 Å². The van der Waals surface area contributed by atoms with E-state index in [-0.39, 0.29) is 16.8 Å². The van der Waals surface area contributed by atoms with Crippen LogP contribution in [-0.4, -0.2) is 19.9 Å². The number of nitrogens with two attached hydrogens (primary N) is 2. The zero-order chi connectivity index (χ0) is 15.5. The first-order chi connectivity index (χ1) is 10.6. The molecule has 0 saturated heterocycles. The second-order valence-corrected chi connectivity index (χ2v) is 4.96. The van der Waals surface area contributed by atoms with Crippen molar-refractivity contribution in [3.8, 4) is 11.3 Å². The Bertz CT molecular complexity index is 785. The summed E-state index contributed by atoms with van der Waals surface area (Å²) in [5, 5.41) is 3.17. The molecule has 0 unspecified atom stereocenters. The maximum absolute atomic E-state index is 5.87. The number of imidazole rings is 1. The molecule has 2 aromatic heterocycles. The number of nitrogen functional groups attached to an aromatic ring is 2. The fourth-order valence-corrected chi connectivity index (χ4v) is 2.15. The molecule has 0 aliphatic carbocycles. The molecule has 112 valence electrons. The number of halogens is 1. The molecule has 3 rings (SSSR count). The Morgan fingerprint density at radius 2 is 1.91 bits per heavy atom. The summed E-state index contributed by atoms with van der Waals surface area (Å²) < 4.78 is 0. The van der Waals surface area contributed by atoms with Crippen LogP contribution in [0.1, 0.15) is 5.82 Å². The van der Waals surface area contributed by atoms with Crippen LogP contribution < -0.4 is 16.8 Å². The minimum absolute atomic E-state index is 0.0612. The van der Waals surface area contributed by atoms with Crippen molar-refractivity contribution in [3.05, 3.63) is 47.5 Å². The maximum Gasteiger partial charge on any atom is 0.223 e. The molecule has 0 aliphatic rings. The van der Waals surface area contributed by atoms with E-state index in [9.17, 15) is 0 Å². The van der Waals surface area contributed by atoms with Gasteiger partial charge in [0.2, 0.25) is 5.95 Å². The average Bonchev–Trinajstić information content (AvgIpc) is 2.99. The lowest BCUT2D eigenvalue weighted by atomic mass is 10.2. The molecule has 7 nitrogen and oxygen atoms in total. The van der Waals surface area contributed by atoms with Gasteiger partial charge in [-0.3, -0.25) is 0 Å². The quantitative estimate of drug-likeness (QED) is 0.548. The van der Waals surface area contributed by atoms with Gasteiger partial charge in [0.05, 0.1) is 18.4 Å². The van der Waals surface area contributed by atoms with Crippen LogP contribution in [0, 0.1) is 0 Å². The summed E-state index contributed by atoms with van der Waals surface area (Å²) in [5.41, 5.74) is 13.6. The van der Waals surface area contributed by atoms with Crippen molar-refractivity contribution in [2.45, 2.75) is 6.54 Å². The first-order valence-electron chi connectivity index (χ1n) is 6.55. The highest BCUT2D eigenvalue weighted by molar-refractivity contribution is 6.32. The molecule has 8 heteroatoms. The van der Waals surface area contributed by atoms with Gasteiger partial charge in [-0.1, -0.05) is 41.9 Å². The van der Waals surface area contributed by atoms with E-state index in [0.717, 1.165) is 17.1 Å². The number of nitrogens with one attached hydrogen (secondary N) is 2. The van der Waals surface area contributed by atoms with Gasteiger partial charge in [0.25, 0.3) is 0 Å². The van der Waals surface area contributed by atoms with Gasteiger partial charge in [-0.15, -0.1) is 0 Å². The van der Waals surface area contributed by atoms with Crippen molar-refractivity contribution in [3.63, 3.8) is 0 Å². The van der Waals surface area contributed by atoms with Crippen molar-refractivity contribution in [1.29, 1.82) is 0 Å². The van der Waals surface area contributed by atoms with Gasteiger partial charge in [-0.25, -0.2) is 4.98 Å². The van der Waals surface area contributed by atoms with Crippen molar-refractivity contribution in [2.24, 2.45) is 0 Å². The molecule has 3 aromatic rings. The lowest BCUT2D eigenvalue weighted by Crippen LogP contribution is -2.09. The summed E-state index contributed by atoms with van der Waals surface area (Å²) >= 11 is 5.87. The topological polar surface area (TPSA) is 119 Å². The van der Waals surface area contributed by atoms with Crippen LogP contribution >= 0.6 is 11.6 Å². The Labute approximate surface area is 131 Å². The number of hydrogen-bond acceptors (Lipinski definition) is 6. The van der Waals surface area contributed by atoms with Gasteiger partial charge in [0.1, 0.15) is 11.5 Å². The first kappa shape index (κ1) is 14.2. The fraction of sp³-hybridized carbons (Fsp3) is 0.0714. The number of H-pyrrole nitrogens is 1. The number of rotatable bonds is 4. The molecule has 22 heavy (non-hydrogen) atoms. The summed E-state index contributed by atoms with van der Waals surface area (Å²) in [4.78, 5) is 15.3. The third kappa shape index (κ3) is 2.94. The summed E-state index contributed by atoms with van der Waals surface area (Å²) in [6.07, 6.45) is 1.77. The number of aromatic nitrogens is 4. The van der Waals surface area contributed by atoms with Gasteiger partial charge in [0.15, 0.2) is 11.0 Å². The second kappa shape index (κ2) is 5.90. The molecule has 6 N–H and O–H groups in total. The predicted molar refractivity (Wildman–Crippen MR) is 87.2 cm³/mol. The molecule has 0 atom stereocenters. The summed E-state index contributed by atoms with van der Waals surface area (Å²) in [5.74, 6) is 1.19. The number of anilines is 3. The normalized spacial score (nSPS) is 10.6. The van der Waals surface area contributed by atoms with Crippen LogP contribution in [0.2, 0.25) is 5.15 Å². The maximum atomic E-state index is 5.87. The highest BCUT2D eigenvalue weighted by atomic mass is 35.5. The zero-order valence-corrected chi connectivity index (χ0v) is 12.3. The molecule has 0 fully saturated rings. The van der Waals surface area contributed by atoms with Gasteiger partial charge in [-0.05, 0) is 5.56 Å². The Hall–Kier alpha value is -2.80. The Kier molecular flexibility index (Phi) is 3.80. The van der Waals surface area contributed by atoms with Crippen LogP contribution in [-0.2, 0) is 6.54 Å². The molecule has 0 bridgehead atoms. The predicted octanol–water partition coefficient (Wildman–Crippen LogP) is 2.30. The van der Waals surface area contributed by atoms with Crippen LogP contribution in [0.3, 0.4) is 0 Å². The largest absolute Gasteiger partial charge is 0.393 e. The third-order valence-electron chi connectivity index (χ3n) is 3.05. The summed E-state index contributed by atoms with van der Waals surface area (Å²) in [7, 11) is 0. The van der Waals surface area contributed by atoms with Gasteiger partial charge in [0, 0.05) is 0 Å².